The number of hydrogen-bond acceptors (Lipinski definition) is 5. The third kappa shape index (κ3) is 4.51. The molecule has 0 fully saturated rings. The third-order valence-corrected chi connectivity index (χ3v) is 4.98. The average molecular weight is 436 g/mol. The van der Waals surface area contributed by atoms with Gasteiger partial charge in [0.05, 0.1) is 10.7 Å². The lowest BCUT2D eigenvalue weighted by atomic mass is 9.92. The van der Waals surface area contributed by atoms with Gasteiger partial charge in [-0.3, -0.25) is 9.78 Å². The van der Waals surface area contributed by atoms with Crippen LogP contribution >= 0.6 is 11.6 Å². The highest BCUT2D eigenvalue weighted by Gasteiger charge is 2.22. The summed E-state index contributed by atoms with van der Waals surface area (Å²) in [5, 5.41) is 8.88. The van der Waals surface area contributed by atoms with E-state index in [4.69, 9.17) is 16.3 Å². The Labute approximate surface area is 185 Å². The molecule has 0 saturated heterocycles. The molecule has 0 aliphatic rings. The maximum Gasteiger partial charge on any atom is 0.263 e. The summed E-state index contributed by atoms with van der Waals surface area (Å²) >= 11 is 6.22. The van der Waals surface area contributed by atoms with Crippen molar-refractivity contribution in [3.05, 3.63) is 71.6 Å². The molecule has 0 radical (unpaired) electrons. The van der Waals surface area contributed by atoms with Crippen LogP contribution in [0.4, 0.5) is 5.82 Å². The number of nitrogens with one attached hydrogen (secondary N) is 1. The molecule has 8 heteroatoms. The Morgan fingerprint density at radius 2 is 1.90 bits per heavy atom. The number of carbonyl (C=O) groups is 1. The van der Waals surface area contributed by atoms with Gasteiger partial charge in [0.15, 0.2) is 12.4 Å². The number of hydrogen-bond donors (Lipinski definition) is 1. The fourth-order valence-electron chi connectivity index (χ4n) is 3.04. The zero-order chi connectivity index (χ0) is 22.0. The highest BCUT2D eigenvalue weighted by molar-refractivity contribution is 6.35. The van der Waals surface area contributed by atoms with Crippen molar-refractivity contribution in [2.75, 3.05) is 11.9 Å². The molecule has 7 nitrogen and oxygen atoms in total. The summed E-state index contributed by atoms with van der Waals surface area (Å²) in [5.74, 6) is 1.30. The number of fused-ring (bicyclic) bond motifs is 1. The third-order valence-electron chi connectivity index (χ3n) is 4.65. The van der Waals surface area contributed by atoms with Crippen molar-refractivity contribution in [3.8, 4) is 11.6 Å². The minimum Gasteiger partial charge on any atom is -0.481 e. The SMILES string of the molecule is CC(C)(C)c1cc(NC(=O)COc2ccc(Cl)c3cccnc23)n(-c2ccccn2)n1. The van der Waals surface area contributed by atoms with Gasteiger partial charge in [-0.05, 0) is 36.4 Å². The number of nitrogens with zero attached hydrogens (tertiary/aromatic N) is 4. The van der Waals surface area contributed by atoms with Crippen LogP contribution in [0.1, 0.15) is 26.5 Å². The van der Waals surface area contributed by atoms with Crippen LogP contribution in [0.2, 0.25) is 5.02 Å². The maximum absolute atomic E-state index is 12.7. The van der Waals surface area contributed by atoms with E-state index in [9.17, 15) is 4.79 Å². The topological polar surface area (TPSA) is 81.9 Å². The number of benzene rings is 1. The molecule has 3 heterocycles. The van der Waals surface area contributed by atoms with Crippen LogP contribution in [0.3, 0.4) is 0 Å². The molecule has 0 atom stereocenters. The molecule has 0 saturated carbocycles. The first kappa shape index (κ1) is 20.8. The van der Waals surface area contributed by atoms with Gasteiger partial charge in [0, 0.05) is 29.3 Å². The second kappa shape index (κ2) is 8.35. The van der Waals surface area contributed by atoms with E-state index in [2.05, 4.69) is 41.2 Å². The number of halogens is 1. The largest absolute Gasteiger partial charge is 0.481 e. The molecular weight excluding hydrogens is 414 g/mol. The first-order valence-corrected chi connectivity index (χ1v) is 10.2. The first-order chi connectivity index (χ1) is 14.8. The van der Waals surface area contributed by atoms with Crippen LogP contribution in [0.15, 0.2) is 60.9 Å². The Morgan fingerprint density at radius 3 is 2.65 bits per heavy atom. The van der Waals surface area contributed by atoms with Crippen molar-refractivity contribution in [1.82, 2.24) is 19.7 Å². The van der Waals surface area contributed by atoms with Crippen LogP contribution < -0.4 is 10.1 Å². The summed E-state index contributed by atoms with van der Waals surface area (Å²) in [6, 6.07) is 14.5. The minimum absolute atomic E-state index is 0.189. The monoisotopic (exact) mass is 435 g/mol. The lowest BCUT2D eigenvalue weighted by molar-refractivity contribution is -0.118. The average Bonchev–Trinajstić information content (AvgIpc) is 3.18. The van der Waals surface area contributed by atoms with Gasteiger partial charge < -0.3 is 10.1 Å². The standard InChI is InChI=1S/C23H22ClN5O2/c1-23(2,3)18-13-20(29(28-18)19-8-4-5-11-25-19)27-21(30)14-31-17-10-9-16(24)15-7-6-12-26-22(15)17/h4-13H,14H2,1-3H3,(H,27,30). The van der Waals surface area contributed by atoms with Gasteiger partial charge in [-0.1, -0.05) is 38.4 Å². The molecule has 0 spiro atoms. The predicted octanol–water partition coefficient (Wildman–Crippen LogP) is 4.78. The van der Waals surface area contributed by atoms with Crippen molar-refractivity contribution in [3.63, 3.8) is 0 Å². The summed E-state index contributed by atoms with van der Waals surface area (Å²) in [6.45, 7) is 5.99. The number of pyridine rings is 2. The van der Waals surface area contributed by atoms with E-state index in [1.807, 2.05) is 30.3 Å². The molecular formula is C23H22ClN5O2. The first-order valence-electron chi connectivity index (χ1n) is 9.81. The summed E-state index contributed by atoms with van der Waals surface area (Å²) in [4.78, 5) is 21.4. The number of rotatable bonds is 5. The van der Waals surface area contributed by atoms with E-state index >= 15 is 0 Å². The van der Waals surface area contributed by atoms with E-state index in [1.54, 1.807) is 35.3 Å². The van der Waals surface area contributed by atoms with Gasteiger partial charge >= 0.3 is 0 Å². The summed E-state index contributed by atoms with van der Waals surface area (Å²) in [7, 11) is 0. The lowest BCUT2D eigenvalue weighted by Gasteiger charge is -2.13. The molecule has 4 aromatic rings. The van der Waals surface area contributed by atoms with Crippen LogP contribution in [0, 0.1) is 0 Å². The quantitative estimate of drug-likeness (QED) is 0.487. The fraction of sp³-hybridized carbons (Fsp3) is 0.217. The second-order valence-corrected chi connectivity index (χ2v) is 8.45. The Balaban J connectivity index is 1.55. The number of carbonyl (C=O) groups excluding carboxylic acids is 1. The summed E-state index contributed by atoms with van der Waals surface area (Å²) < 4.78 is 7.37. The molecule has 31 heavy (non-hydrogen) atoms. The molecule has 0 aliphatic carbocycles. The molecule has 4 rings (SSSR count). The van der Waals surface area contributed by atoms with Crippen LogP contribution in [0.5, 0.6) is 5.75 Å². The predicted molar refractivity (Wildman–Crippen MR) is 121 cm³/mol. The Morgan fingerprint density at radius 1 is 1.10 bits per heavy atom. The van der Waals surface area contributed by atoms with Gasteiger partial charge in [-0.25, -0.2) is 4.98 Å². The van der Waals surface area contributed by atoms with E-state index < -0.39 is 0 Å². The van der Waals surface area contributed by atoms with E-state index in [0.29, 0.717) is 27.9 Å². The number of amides is 1. The molecule has 0 aliphatic heterocycles. The lowest BCUT2D eigenvalue weighted by Crippen LogP contribution is -2.22. The second-order valence-electron chi connectivity index (χ2n) is 8.05. The Bertz CT molecular complexity index is 1230. The van der Waals surface area contributed by atoms with Gasteiger partial charge in [-0.2, -0.15) is 9.78 Å². The highest BCUT2D eigenvalue weighted by atomic mass is 35.5. The molecule has 1 amide bonds. The van der Waals surface area contributed by atoms with E-state index in [1.165, 1.54) is 0 Å². The Kier molecular flexibility index (Phi) is 5.61. The minimum atomic E-state index is -0.323. The molecule has 158 valence electrons. The summed E-state index contributed by atoms with van der Waals surface area (Å²) in [6.07, 6.45) is 3.34. The molecule has 3 aromatic heterocycles. The zero-order valence-electron chi connectivity index (χ0n) is 17.5. The Hall–Kier alpha value is -3.45. The van der Waals surface area contributed by atoms with E-state index in [0.717, 1.165) is 11.1 Å². The number of ether oxygens (including phenoxy) is 1. The van der Waals surface area contributed by atoms with Crippen molar-refractivity contribution in [2.45, 2.75) is 26.2 Å². The molecule has 1 N–H and O–H groups in total. The van der Waals surface area contributed by atoms with Crippen molar-refractivity contribution in [2.24, 2.45) is 0 Å². The van der Waals surface area contributed by atoms with Crippen molar-refractivity contribution >= 4 is 34.2 Å². The van der Waals surface area contributed by atoms with Gasteiger partial charge in [-0.15, -0.1) is 0 Å². The van der Waals surface area contributed by atoms with Gasteiger partial charge in [0.2, 0.25) is 0 Å². The van der Waals surface area contributed by atoms with Crippen molar-refractivity contribution < 1.29 is 9.53 Å². The molecule has 1 aromatic carbocycles. The highest BCUT2D eigenvalue weighted by Crippen LogP contribution is 2.30. The summed E-state index contributed by atoms with van der Waals surface area (Å²) in [5.41, 5.74) is 1.25. The molecule has 0 bridgehead atoms. The number of aromatic nitrogens is 4. The maximum atomic E-state index is 12.7. The number of anilines is 1. The zero-order valence-corrected chi connectivity index (χ0v) is 18.2. The van der Waals surface area contributed by atoms with E-state index in [-0.39, 0.29) is 17.9 Å². The van der Waals surface area contributed by atoms with Gasteiger partial charge in [0.1, 0.15) is 17.1 Å². The smallest absolute Gasteiger partial charge is 0.263 e. The van der Waals surface area contributed by atoms with Crippen molar-refractivity contribution in [1.29, 1.82) is 0 Å². The van der Waals surface area contributed by atoms with Crippen LogP contribution in [0.25, 0.3) is 16.7 Å². The fourth-order valence-corrected chi connectivity index (χ4v) is 3.26. The normalized spacial score (nSPS) is 11.5. The van der Waals surface area contributed by atoms with Gasteiger partial charge in [0.25, 0.3) is 5.91 Å². The van der Waals surface area contributed by atoms with Crippen LogP contribution in [-0.2, 0) is 10.2 Å². The molecule has 0 unspecified atom stereocenters. The van der Waals surface area contributed by atoms with Crippen LogP contribution in [-0.4, -0.2) is 32.3 Å².